The van der Waals surface area contributed by atoms with Gasteiger partial charge in [-0.1, -0.05) is 44.4 Å². The molecule has 0 aliphatic rings. The highest BCUT2D eigenvalue weighted by atomic mass is 19.1. The summed E-state index contributed by atoms with van der Waals surface area (Å²) in [6.45, 7) is 7.03. The van der Waals surface area contributed by atoms with E-state index in [2.05, 4.69) is 39.0 Å². The molecule has 0 heterocycles. The molecule has 0 saturated heterocycles. The van der Waals surface area contributed by atoms with Crippen LogP contribution in [0.15, 0.2) is 36.4 Å². The third kappa shape index (κ3) is 6.82. The van der Waals surface area contributed by atoms with E-state index >= 15 is 0 Å². The smallest absolute Gasteiger partial charge is 0.165 e. The number of benzene rings is 2. The van der Waals surface area contributed by atoms with Gasteiger partial charge in [0.05, 0.1) is 6.61 Å². The van der Waals surface area contributed by atoms with Crippen molar-refractivity contribution in [3.8, 4) is 5.75 Å². The lowest BCUT2D eigenvalue weighted by molar-refractivity contribution is 0.112. The molecule has 0 bridgehead atoms. The van der Waals surface area contributed by atoms with Crippen LogP contribution < -0.4 is 4.74 Å². The second kappa shape index (κ2) is 10.9. The minimum atomic E-state index is -0.475. The minimum absolute atomic E-state index is 0.222. The van der Waals surface area contributed by atoms with Crippen LogP contribution in [0.3, 0.4) is 0 Å². The standard InChI is InChI=1S/C24H31FO2/c1-4-5-7-20(15-21-10-9-18(2)19(3)14-21)8-6-13-27-24-12-11-22(17-26)16-23(24)25/h9-12,14,16-17,20H,4-8,13,15H2,1-3H3/t20-/m0/s1. The lowest BCUT2D eigenvalue weighted by atomic mass is 9.89. The molecule has 0 unspecified atom stereocenters. The van der Waals surface area contributed by atoms with E-state index in [1.807, 2.05) is 0 Å². The Morgan fingerprint density at radius 2 is 1.81 bits per heavy atom. The number of ether oxygens (including phenoxy) is 1. The summed E-state index contributed by atoms with van der Waals surface area (Å²) in [5.41, 5.74) is 4.41. The molecule has 0 spiro atoms. The van der Waals surface area contributed by atoms with Gasteiger partial charge in [0, 0.05) is 5.56 Å². The maximum absolute atomic E-state index is 13.9. The van der Waals surface area contributed by atoms with Crippen molar-refractivity contribution in [3.63, 3.8) is 0 Å². The van der Waals surface area contributed by atoms with Crippen molar-refractivity contribution in [1.29, 1.82) is 0 Å². The van der Waals surface area contributed by atoms with Crippen LogP contribution >= 0.6 is 0 Å². The van der Waals surface area contributed by atoms with Gasteiger partial charge in [0.2, 0.25) is 0 Å². The van der Waals surface area contributed by atoms with Gasteiger partial charge in [-0.2, -0.15) is 0 Å². The first-order chi connectivity index (χ1) is 13.0. The third-order valence-corrected chi connectivity index (χ3v) is 5.17. The lowest BCUT2D eigenvalue weighted by Gasteiger charge is -2.18. The van der Waals surface area contributed by atoms with Crippen LogP contribution in [-0.2, 0) is 6.42 Å². The van der Waals surface area contributed by atoms with Crippen LogP contribution in [0.4, 0.5) is 4.39 Å². The molecule has 0 saturated carbocycles. The van der Waals surface area contributed by atoms with Gasteiger partial charge in [-0.15, -0.1) is 0 Å². The van der Waals surface area contributed by atoms with Crippen molar-refractivity contribution in [3.05, 3.63) is 64.5 Å². The maximum Gasteiger partial charge on any atom is 0.165 e. The zero-order valence-corrected chi connectivity index (χ0v) is 16.8. The molecule has 0 amide bonds. The van der Waals surface area contributed by atoms with Gasteiger partial charge in [0.1, 0.15) is 6.29 Å². The Morgan fingerprint density at radius 1 is 1.04 bits per heavy atom. The molecule has 2 aromatic carbocycles. The van der Waals surface area contributed by atoms with Gasteiger partial charge < -0.3 is 4.74 Å². The summed E-state index contributed by atoms with van der Waals surface area (Å²) < 4.78 is 19.4. The van der Waals surface area contributed by atoms with Gasteiger partial charge in [0.15, 0.2) is 11.6 Å². The summed E-state index contributed by atoms with van der Waals surface area (Å²) >= 11 is 0. The second-order valence-corrected chi connectivity index (χ2v) is 7.43. The highest BCUT2D eigenvalue weighted by molar-refractivity contribution is 5.74. The van der Waals surface area contributed by atoms with E-state index in [-0.39, 0.29) is 5.75 Å². The van der Waals surface area contributed by atoms with Crippen molar-refractivity contribution in [2.75, 3.05) is 6.61 Å². The van der Waals surface area contributed by atoms with E-state index in [0.717, 1.165) is 19.3 Å². The first-order valence-electron chi connectivity index (χ1n) is 9.97. The fraction of sp³-hybridized carbons (Fsp3) is 0.458. The summed E-state index contributed by atoms with van der Waals surface area (Å²) in [5, 5.41) is 0. The lowest BCUT2D eigenvalue weighted by Crippen LogP contribution is -2.08. The number of aldehydes is 1. The van der Waals surface area contributed by atoms with Gasteiger partial charge in [-0.25, -0.2) is 4.39 Å². The highest BCUT2D eigenvalue weighted by Gasteiger charge is 2.11. The minimum Gasteiger partial charge on any atom is -0.491 e. The van der Waals surface area contributed by atoms with E-state index in [1.54, 1.807) is 6.07 Å². The Labute approximate surface area is 162 Å². The average Bonchev–Trinajstić information content (AvgIpc) is 2.66. The molecule has 0 N–H and O–H groups in total. The first kappa shape index (κ1) is 21.1. The Hall–Kier alpha value is -2.16. The number of halogens is 1. The molecule has 3 heteroatoms. The zero-order chi connectivity index (χ0) is 19.6. The number of rotatable bonds is 11. The van der Waals surface area contributed by atoms with Crippen molar-refractivity contribution in [2.45, 2.75) is 59.3 Å². The van der Waals surface area contributed by atoms with Gasteiger partial charge in [-0.05, 0) is 73.9 Å². The van der Waals surface area contributed by atoms with Crippen LogP contribution in [0.25, 0.3) is 0 Å². The van der Waals surface area contributed by atoms with Crippen molar-refractivity contribution in [1.82, 2.24) is 0 Å². The van der Waals surface area contributed by atoms with E-state index in [9.17, 15) is 9.18 Å². The largest absolute Gasteiger partial charge is 0.491 e. The topological polar surface area (TPSA) is 26.3 Å². The van der Waals surface area contributed by atoms with E-state index in [4.69, 9.17) is 4.74 Å². The van der Waals surface area contributed by atoms with Crippen LogP contribution in [0, 0.1) is 25.6 Å². The third-order valence-electron chi connectivity index (χ3n) is 5.17. The predicted molar refractivity (Wildman–Crippen MR) is 109 cm³/mol. The van der Waals surface area contributed by atoms with Crippen molar-refractivity contribution < 1.29 is 13.9 Å². The Kier molecular flexibility index (Phi) is 8.50. The highest BCUT2D eigenvalue weighted by Crippen LogP contribution is 2.23. The fourth-order valence-corrected chi connectivity index (χ4v) is 3.37. The average molecular weight is 371 g/mol. The van der Waals surface area contributed by atoms with Crippen LogP contribution in [0.5, 0.6) is 5.75 Å². The first-order valence-corrected chi connectivity index (χ1v) is 9.97. The molecule has 0 aromatic heterocycles. The van der Waals surface area contributed by atoms with Crippen molar-refractivity contribution >= 4 is 6.29 Å². The number of hydrogen-bond donors (Lipinski definition) is 0. The molecule has 0 radical (unpaired) electrons. The number of carbonyl (C=O) groups is 1. The summed E-state index contributed by atoms with van der Waals surface area (Å²) in [7, 11) is 0. The molecule has 0 aliphatic heterocycles. The van der Waals surface area contributed by atoms with Gasteiger partial charge >= 0.3 is 0 Å². The van der Waals surface area contributed by atoms with Crippen LogP contribution in [0.1, 0.15) is 66.1 Å². The van der Waals surface area contributed by atoms with Gasteiger partial charge in [-0.3, -0.25) is 4.79 Å². The summed E-state index contributed by atoms with van der Waals surface area (Å²) in [6.07, 6.45) is 7.34. The van der Waals surface area contributed by atoms with E-state index in [1.165, 1.54) is 48.1 Å². The fourth-order valence-electron chi connectivity index (χ4n) is 3.37. The number of carbonyl (C=O) groups excluding carboxylic acids is 1. The molecule has 146 valence electrons. The molecule has 0 aliphatic carbocycles. The molecular formula is C24H31FO2. The SMILES string of the molecule is CCCC[C@@H](CCCOc1ccc(C=O)cc1F)Cc1ccc(C)c(C)c1. The van der Waals surface area contributed by atoms with Crippen LogP contribution in [-0.4, -0.2) is 12.9 Å². The molecule has 0 fully saturated rings. The number of aryl methyl sites for hydroxylation is 2. The normalized spacial score (nSPS) is 12.0. The second-order valence-electron chi connectivity index (χ2n) is 7.43. The maximum atomic E-state index is 13.9. The molecule has 2 nitrogen and oxygen atoms in total. The van der Waals surface area contributed by atoms with Crippen molar-refractivity contribution in [2.24, 2.45) is 5.92 Å². The summed E-state index contributed by atoms with van der Waals surface area (Å²) in [4.78, 5) is 10.7. The number of hydrogen-bond acceptors (Lipinski definition) is 2. The summed E-state index contributed by atoms with van der Waals surface area (Å²) in [5.74, 6) is 0.370. The monoisotopic (exact) mass is 370 g/mol. The van der Waals surface area contributed by atoms with Gasteiger partial charge in [0.25, 0.3) is 0 Å². The molecule has 1 atom stereocenters. The number of unbranched alkanes of at least 4 members (excludes halogenated alkanes) is 1. The van der Waals surface area contributed by atoms with E-state index < -0.39 is 5.82 Å². The predicted octanol–water partition coefficient (Wildman–Crippen LogP) is 6.46. The van der Waals surface area contributed by atoms with Crippen LogP contribution in [0.2, 0.25) is 0 Å². The molecule has 2 rings (SSSR count). The quantitative estimate of drug-likeness (QED) is 0.335. The Bertz CT molecular complexity index is 739. The molecule has 2 aromatic rings. The zero-order valence-electron chi connectivity index (χ0n) is 16.8. The molecular weight excluding hydrogens is 339 g/mol. The Morgan fingerprint density at radius 3 is 2.48 bits per heavy atom. The summed E-state index contributed by atoms with van der Waals surface area (Å²) in [6, 6.07) is 11.1. The Balaban J connectivity index is 1.86. The van der Waals surface area contributed by atoms with E-state index in [0.29, 0.717) is 24.4 Å². The molecule has 27 heavy (non-hydrogen) atoms.